The highest BCUT2D eigenvalue weighted by Gasteiger charge is 2.24. The summed E-state index contributed by atoms with van der Waals surface area (Å²) in [6.45, 7) is 7.65. The topological polar surface area (TPSA) is 54.4 Å². The van der Waals surface area contributed by atoms with E-state index in [9.17, 15) is 13.0 Å². The number of aryl methyl sites for hydroxylation is 4. The molecule has 0 saturated heterocycles. The molecule has 3 nitrogen and oxygen atoms in total. The van der Waals surface area contributed by atoms with E-state index in [2.05, 4.69) is 0 Å². The molecule has 0 aromatic heterocycles. The zero-order chi connectivity index (χ0) is 13.7. The third-order valence-corrected chi connectivity index (χ3v) is 4.07. The standard InChI is InChI=1S/C14H16O3S/c1-8-5-9(2)13-11(4)7-12(18(15,16)17)14(13)10(3)6-8/h5-7H,1-4H3,(H,15,16,17). The lowest BCUT2D eigenvalue weighted by atomic mass is 10.0. The summed E-state index contributed by atoms with van der Waals surface area (Å²) in [5, 5.41) is 0. The van der Waals surface area contributed by atoms with E-state index in [1.54, 1.807) is 0 Å². The Morgan fingerprint density at radius 1 is 0.833 bits per heavy atom. The molecule has 0 atom stereocenters. The van der Waals surface area contributed by atoms with Crippen molar-refractivity contribution in [2.75, 3.05) is 0 Å². The van der Waals surface area contributed by atoms with Gasteiger partial charge in [-0.15, -0.1) is 0 Å². The maximum atomic E-state index is 11.5. The molecule has 0 heterocycles. The fraction of sp³-hybridized carbons (Fsp3) is 0.286. The number of hydrogen-bond acceptors (Lipinski definition) is 2. The third-order valence-electron chi connectivity index (χ3n) is 3.19. The molecule has 4 heteroatoms. The van der Waals surface area contributed by atoms with Crippen molar-refractivity contribution in [3.05, 3.63) is 40.5 Å². The molecule has 0 aromatic rings. The first-order valence-corrected chi connectivity index (χ1v) is 7.14. The maximum Gasteiger partial charge on any atom is 0.295 e. The highest BCUT2D eigenvalue weighted by atomic mass is 32.2. The summed E-state index contributed by atoms with van der Waals surface area (Å²) in [6.07, 6.45) is 0. The average Bonchev–Trinajstić information content (AvgIpc) is 2.49. The predicted molar refractivity (Wildman–Crippen MR) is 71.8 cm³/mol. The highest BCUT2D eigenvalue weighted by molar-refractivity contribution is 7.86. The summed E-state index contributed by atoms with van der Waals surface area (Å²) < 4.78 is 32.3. The summed E-state index contributed by atoms with van der Waals surface area (Å²) in [4.78, 5) is 0.00574. The van der Waals surface area contributed by atoms with E-state index in [1.165, 1.54) is 6.07 Å². The van der Waals surface area contributed by atoms with Gasteiger partial charge in [0.05, 0.1) is 0 Å². The second kappa shape index (κ2) is 4.07. The van der Waals surface area contributed by atoms with Crippen LogP contribution in [-0.4, -0.2) is 13.0 Å². The van der Waals surface area contributed by atoms with Crippen LogP contribution in [0.2, 0.25) is 0 Å². The minimum Gasteiger partial charge on any atom is -0.282 e. The van der Waals surface area contributed by atoms with Crippen LogP contribution in [0.4, 0.5) is 0 Å². The molecule has 0 bridgehead atoms. The molecule has 0 radical (unpaired) electrons. The largest absolute Gasteiger partial charge is 0.295 e. The van der Waals surface area contributed by atoms with Gasteiger partial charge in [-0.3, -0.25) is 4.55 Å². The van der Waals surface area contributed by atoms with Crippen molar-refractivity contribution in [3.63, 3.8) is 0 Å². The van der Waals surface area contributed by atoms with Crippen molar-refractivity contribution < 1.29 is 13.0 Å². The van der Waals surface area contributed by atoms with E-state index in [0.29, 0.717) is 5.56 Å². The molecule has 2 rings (SSSR count). The van der Waals surface area contributed by atoms with Crippen molar-refractivity contribution in [3.8, 4) is 11.1 Å². The van der Waals surface area contributed by atoms with E-state index < -0.39 is 10.1 Å². The Morgan fingerprint density at radius 3 is 1.78 bits per heavy atom. The van der Waals surface area contributed by atoms with E-state index in [4.69, 9.17) is 0 Å². The quantitative estimate of drug-likeness (QED) is 0.804. The molecule has 1 N–H and O–H groups in total. The molecule has 0 aliphatic heterocycles. The minimum absolute atomic E-state index is 0.00574. The van der Waals surface area contributed by atoms with Crippen molar-refractivity contribution in [2.24, 2.45) is 0 Å². The number of hydrogen-bond donors (Lipinski definition) is 1. The van der Waals surface area contributed by atoms with Gasteiger partial charge in [0.25, 0.3) is 10.1 Å². The van der Waals surface area contributed by atoms with E-state index in [0.717, 1.165) is 27.8 Å². The van der Waals surface area contributed by atoms with Crippen LogP contribution in [0, 0.1) is 27.7 Å². The van der Waals surface area contributed by atoms with Crippen LogP contribution in [0.5, 0.6) is 0 Å². The maximum absolute atomic E-state index is 11.5. The zero-order valence-corrected chi connectivity index (χ0v) is 11.7. The van der Waals surface area contributed by atoms with Gasteiger partial charge in [-0.25, -0.2) is 0 Å². The monoisotopic (exact) mass is 264 g/mol. The first-order valence-electron chi connectivity index (χ1n) is 5.70. The lowest BCUT2D eigenvalue weighted by molar-refractivity contribution is 0.483. The average molecular weight is 264 g/mol. The van der Waals surface area contributed by atoms with Gasteiger partial charge in [0, 0.05) is 5.56 Å². The molecule has 0 aromatic carbocycles. The lowest BCUT2D eigenvalue weighted by Crippen LogP contribution is -1.98. The van der Waals surface area contributed by atoms with Gasteiger partial charge in [0.15, 0.2) is 0 Å². The lowest BCUT2D eigenvalue weighted by Gasteiger charge is -2.04. The number of rotatable bonds is 1. The first kappa shape index (κ1) is 13.1. The van der Waals surface area contributed by atoms with E-state index in [-0.39, 0.29) is 4.90 Å². The molecule has 2 aliphatic rings. The fourth-order valence-corrected chi connectivity index (χ4v) is 3.48. The summed E-state index contributed by atoms with van der Waals surface area (Å²) in [6, 6.07) is 5.49. The van der Waals surface area contributed by atoms with Gasteiger partial charge in [-0.05, 0) is 56.0 Å². The Bertz CT molecular complexity index is 700. The Kier molecular flexibility index (Phi) is 2.95. The molecule has 0 amide bonds. The summed E-state index contributed by atoms with van der Waals surface area (Å²) in [5.41, 5.74) is 5.35. The van der Waals surface area contributed by atoms with E-state index in [1.807, 2.05) is 39.8 Å². The predicted octanol–water partition coefficient (Wildman–Crippen LogP) is 3.27. The summed E-state index contributed by atoms with van der Waals surface area (Å²) in [5.74, 6) is 0. The molecule has 0 unspecified atom stereocenters. The fourth-order valence-electron chi connectivity index (χ4n) is 2.63. The second-order valence-corrected chi connectivity index (χ2v) is 6.21. The summed E-state index contributed by atoms with van der Waals surface area (Å²) in [7, 11) is -4.19. The van der Waals surface area contributed by atoms with E-state index >= 15 is 0 Å². The van der Waals surface area contributed by atoms with Crippen LogP contribution >= 0.6 is 0 Å². The Balaban J connectivity index is 3.01. The number of fused-ring (bicyclic) bond motifs is 1. The van der Waals surface area contributed by atoms with Gasteiger partial charge >= 0.3 is 0 Å². The van der Waals surface area contributed by atoms with Gasteiger partial charge in [0.1, 0.15) is 4.90 Å². The van der Waals surface area contributed by atoms with Gasteiger partial charge in [-0.2, -0.15) is 8.42 Å². The Morgan fingerprint density at radius 2 is 1.28 bits per heavy atom. The van der Waals surface area contributed by atoms with Crippen LogP contribution in [0.25, 0.3) is 11.1 Å². The van der Waals surface area contributed by atoms with Gasteiger partial charge < -0.3 is 0 Å². The molecule has 18 heavy (non-hydrogen) atoms. The van der Waals surface area contributed by atoms with Crippen molar-refractivity contribution in [2.45, 2.75) is 32.6 Å². The van der Waals surface area contributed by atoms with Crippen LogP contribution in [0.15, 0.2) is 23.1 Å². The molecular formula is C14H16O3S. The van der Waals surface area contributed by atoms with Crippen LogP contribution in [0.3, 0.4) is 0 Å². The molecule has 96 valence electrons. The molecular weight excluding hydrogens is 248 g/mol. The van der Waals surface area contributed by atoms with Crippen LogP contribution in [-0.2, 0) is 10.1 Å². The minimum atomic E-state index is -4.19. The van der Waals surface area contributed by atoms with Crippen molar-refractivity contribution >= 4 is 10.1 Å². The van der Waals surface area contributed by atoms with Crippen molar-refractivity contribution in [1.82, 2.24) is 0 Å². The summed E-state index contributed by atoms with van der Waals surface area (Å²) >= 11 is 0. The molecule has 0 fully saturated rings. The molecule has 2 aliphatic carbocycles. The Labute approximate surface area is 108 Å². The van der Waals surface area contributed by atoms with Gasteiger partial charge in [0.2, 0.25) is 0 Å². The Hall–Kier alpha value is -1.39. The molecule has 0 spiro atoms. The smallest absolute Gasteiger partial charge is 0.282 e. The van der Waals surface area contributed by atoms with Gasteiger partial charge in [-0.1, -0.05) is 17.7 Å². The SMILES string of the molecule is Cc1cc(C)c2c(C)cc(S(=O)(=O)O)c-2c(C)c1. The zero-order valence-electron chi connectivity index (χ0n) is 10.9. The van der Waals surface area contributed by atoms with Crippen molar-refractivity contribution in [1.29, 1.82) is 0 Å². The second-order valence-electron chi connectivity index (χ2n) is 4.82. The molecule has 0 saturated carbocycles. The highest BCUT2D eigenvalue weighted by Crippen LogP contribution is 2.39. The first-order chi connectivity index (χ1) is 8.21. The van der Waals surface area contributed by atoms with Crippen LogP contribution in [0.1, 0.15) is 22.3 Å². The third kappa shape index (κ3) is 2.02. The van der Waals surface area contributed by atoms with Crippen LogP contribution < -0.4 is 0 Å². The normalized spacial score (nSPS) is 12.1.